The zero-order chi connectivity index (χ0) is 21.4. The number of nitrogens with one attached hydrogen (secondary N) is 3. The summed E-state index contributed by atoms with van der Waals surface area (Å²) < 4.78 is 5.37. The fraction of sp³-hybridized carbons (Fsp3) is 0.381. The van der Waals surface area contributed by atoms with Gasteiger partial charge < -0.3 is 26.4 Å². The Morgan fingerprint density at radius 3 is 2.41 bits per heavy atom. The number of benzene rings is 2. The van der Waals surface area contributed by atoms with Crippen LogP contribution in [0.3, 0.4) is 0 Å². The van der Waals surface area contributed by atoms with Gasteiger partial charge in [-0.3, -0.25) is 14.4 Å². The highest BCUT2D eigenvalue weighted by Crippen LogP contribution is 2.29. The molecule has 2 rings (SSSR count). The summed E-state index contributed by atoms with van der Waals surface area (Å²) in [5.41, 5.74) is 6.32. The predicted octanol–water partition coefficient (Wildman–Crippen LogP) is 1.39. The molecule has 0 spiro atoms. The van der Waals surface area contributed by atoms with E-state index in [9.17, 15) is 14.4 Å². The first kappa shape index (κ1) is 22.2. The van der Waals surface area contributed by atoms with Crippen molar-refractivity contribution in [3.05, 3.63) is 36.4 Å². The summed E-state index contributed by atoms with van der Waals surface area (Å²) in [4.78, 5) is 35.8. The smallest absolute Gasteiger partial charge is 0.243 e. The highest BCUT2D eigenvalue weighted by Gasteiger charge is 2.16. The Kier molecular flexibility index (Phi) is 7.97. The number of rotatable bonds is 9. The molecule has 0 aliphatic heterocycles. The molecule has 0 unspecified atom stereocenters. The molecule has 2 aromatic rings. The van der Waals surface area contributed by atoms with E-state index in [1.54, 1.807) is 13.2 Å². The molecule has 1 atom stereocenters. The summed E-state index contributed by atoms with van der Waals surface area (Å²) in [7, 11) is 1.56. The Morgan fingerprint density at radius 2 is 1.72 bits per heavy atom. The number of hydrogen-bond acceptors (Lipinski definition) is 5. The molecule has 2 aromatic carbocycles. The van der Waals surface area contributed by atoms with Crippen molar-refractivity contribution < 1.29 is 19.1 Å². The lowest BCUT2D eigenvalue weighted by atomic mass is 10.0. The number of amides is 3. The molecule has 0 heterocycles. The number of ether oxygens (including phenoxy) is 1. The maximum atomic E-state index is 12.1. The summed E-state index contributed by atoms with van der Waals surface area (Å²) in [5, 5.41) is 9.53. The van der Waals surface area contributed by atoms with Gasteiger partial charge in [-0.2, -0.15) is 0 Å². The molecule has 0 saturated heterocycles. The minimum Gasteiger partial charge on any atom is -0.496 e. The van der Waals surface area contributed by atoms with E-state index in [1.165, 1.54) is 0 Å². The standard InChI is InChI=1S/C21H28N4O4/c1-13(2)8-17(22)21(28)24-11-19(26)23-12-20(27)25-15-9-14-6-4-5-7-16(14)18(10-15)29-3/h4-7,9-10,13,17H,8,11-12,22H2,1-3H3,(H,23,26)(H,24,28)(H,25,27)/t17-/m1/s1. The Labute approximate surface area is 170 Å². The third kappa shape index (κ3) is 6.76. The normalized spacial score (nSPS) is 11.8. The van der Waals surface area contributed by atoms with E-state index in [1.807, 2.05) is 44.2 Å². The van der Waals surface area contributed by atoms with Crippen LogP contribution in [0.15, 0.2) is 36.4 Å². The van der Waals surface area contributed by atoms with Crippen molar-refractivity contribution in [2.75, 3.05) is 25.5 Å². The number of methoxy groups -OCH3 is 1. The maximum Gasteiger partial charge on any atom is 0.243 e. The molecule has 5 N–H and O–H groups in total. The van der Waals surface area contributed by atoms with Gasteiger partial charge in [0.05, 0.1) is 26.2 Å². The number of hydrogen-bond donors (Lipinski definition) is 4. The van der Waals surface area contributed by atoms with Crippen molar-refractivity contribution in [3.63, 3.8) is 0 Å². The van der Waals surface area contributed by atoms with Crippen LogP contribution in [0.25, 0.3) is 10.8 Å². The molecule has 3 amide bonds. The first-order valence-corrected chi connectivity index (χ1v) is 9.46. The summed E-state index contributed by atoms with van der Waals surface area (Å²) in [6.45, 7) is 3.47. The fourth-order valence-corrected chi connectivity index (χ4v) is 2.88. The molecule has 0 aliphatic rings. The zero-order valence-corrected chi connectivity index (χ0v) is 17.0. The summed E-state index contributed by atoms with van der Waals surface area (Å²) >= 11 is 0. The van der Waals surface area contributed by atoms with Crippen molar-refractivity contribution in [1.82, 2.24) is 10.6 Å². The molecule has 0 aliphatic carbocycles. The van der Waals surface area contributed by atoms with E-state index in [-0.39, 0.29) is 24.9 Å². The monoisotopic (exact) mass is 400 g/mol. The quantitative estimate of drug-likeness (QED) is 0.507. The molecular formula is C21H28N4O4. The molecule has 8 heteroatoms. The van der Waals surface area contributed by atoms with Crippen LogP contribution >= 0.6 is 0 Å². The van der Waals surface area contributed by atoms with Crippen molar-refractivity contribution >= 4 is 34.2 Å². The van der Waals surface area contributed by atoms with Gasteiger partial charge in [-0.25, -0.2) is 0 Å². The summed E-state index contributed by atoms with van der Waals surface area (Å²) in [6.07, 6.45) is 0.533. The number of fused-ring (bicyclic) bond motifs is 1. The van der Waals surface area contributed by atoms with E-state index >= 15 is 0 Å². The molecule has 8 nitrogen and oxygen atoms in total. The zero-order valence-electron chi connectivity index (χ0n) is 17.0. The van der Waals surface area contributed by atoms with E-state index in [4.69, 9.17) is 10.5 Å². The Bertz CT molecular complexity index is 882. The first-order chi connectivity index (χ1) is 13.8. The average Bonchev–Trinajstić information content (AvgIpc) is 2.69. The maximum absolute atomic E-state index is 12.1. The molecule has 0 bridgehead atoms. The molecule has 0 fully saturated rings. The van der Waals surface area contributed by atoms with Crippen LogP contribution in [0, 0.1) is 5.92 Å². The number of carbonyl (C=O) groups is 3. The van der Waals surface area contributed by atoms with Gasteiger partial charge in [-0.1, -0.05) is 38.1 Å². The minimum absolute atomic E-state index is 0.220. The van der Waals surface area contributed by atoms with Gasteiger partial charge in [0.1, 0.15) is 5.75 Å². The lowest BCUT2D eigenvalue weighted by Gasteiger charge is -2.14. The van der Waals surface area contributed by atoms with E-state index in [2.05, 4.69) is 16.0 Å². The van der Waals surface area contributed by atoms with E-state index in [0.717, 1.165) is 10.8 Å². The SMILES string of the molecule is COc1cc(NC(=O)CNC(=O)CNC(=O)[C@H](N)CC(C)C)cc2ccccc12. The minimum atomic E-state index is -0.658. The predicted molar refractivity (Wildman–Crippen MR) is 113 cm³/mol. The van der Waals surface area contributed by atoms with Crippen LogP contribution in [-0.4, -0.2) is 44.0 Å². The average molecular weight is 400 g/mol. The second-order valence-corrected chi connectivity index (χ2v) is 7.18. The largest absolute Gasteiger partial charge is 0.496 e. The van der Waals surface area contributed by atoms with Crippen LogP contribution in [0.5, 0.6) is 5.75 Å². The van der Waals surface area contributed by atoms with Gasteiger partial charge in [0, 0.05) is 17.1 Å². The Morgan fingerprint density at radius 1 is 1.03 bits per heavy atom. The highest BCUT2D eigenvalue weighted by atomic mass is 16.5. The number of carbonyl (C=O) groups excluding carboxylic acids is 3. The van der Waals surface area contributed by atoms with Crippen molar-refractivity contribution in [1.29, 1.82) is 0 Å². The lowest BCUT2D eigenvalue weighted by Crippen LogP contribution is -2.46. The van der Waals surface area contributed by atoms with Gasteiger partial charge in [0.15, 0.2) is 0 Å². The van der Waals surface area contributed by atoms with Crippen molar-refractivity contribution in [2.45, 2.75) is 26.3 Å². The topological polar surface area (TPSA) is 123 Å². The third-order valence-corrected chi connectivity index (χ3v) is 4.26. The van der Waals surface area contributed by atoms with Crippen molar-refractivity contribution in [2.24, 2.45) is 11.7 Å². The highest BCUT2D eigenvalue weighted by molar-refractivity contribution is 5.99. The Balaban J connectivity index is 1.83. The third-order valence-electron chi connectivity index (χ3n) is 4.26. The summed E-state index contributed by atoms with van der Waals surface area (Å²) in [5.74, 6) is -0.327. The van der Waals surface area contributed by atoms with Crippen LogP contribution < -0.4 is 26.4 Å². The van der Waals surface area contributed by atoms with Gasteiger partial charge in [0.2, 0.25) is 17.7 Å². The van der Waals surface area contributed by atoms with Crippen molar-refractivity contribution in [3.8, 4) is 5.75 Å². The molecule has 0 saturated carbocycles. The first-order valence-electron chi connectivity index (χ1n) is 9.46. The fourth-order valence-electron chi connectivity index (χ4n) is 2.88. The van der Waals surface area contributed by atoms with Crippen LogP contribution in [0.2, 0.25) is 0 Å². The van der Waals surface area contributed by atoms with E-state index < -0.39 is 17.9 Å². The van der Waals surface area contributed by atoms with E-state index in [0.29, 0.717) is 17.9 Å². The van der Waals surface area contributed by atoms with Crippen LogP contribution in [-0.2, 0) is 14.4 Å². The number of nitrogens with two attached hydrogens (primary N) is 1. The molecule has 156 valence electrons. The van der Waals surface area contributed by atoms with Crippen LogP contribution in [0.1, 0.15) is 20.3 Å². The van der Waals surface area contributed by atoms with Gasteiger partial charge in [0.25, 0.3) is 0 Å². The Hall–Kier alpha value is -3.13. The summed E-state index contributed by atoms with van der Waals surface area (Å²) in [6, 6.07) is 10.5. The molecular weight excluding hydrogens is 372 g/mol. The molecule has 0 aromatic heterocycles. The van der Waals surface area contributed by atoms with Gasteiger partial charge in [-0.15, -0.1) is 0 Å². The molecule has 0 radical (unpaired) electrons. The van der Waals surface area contributed by atoms with Gasteiger partial charge >= 0.3 is 0 Å². The van der Waals surface area contributed by atoms with Gasteiger partial charge in [-0.05, 0) is 23.8 Å². The van der Waals surface area contributed by atoms with Crippen LogP contribution in [0.4, 0.5) is 5.69 Å². The number of anilines is 1. The molecule has 29 heavy (non-hydrogen) atoms. The second-order valence-electron chi connectivity index (χ2n) is 7.18. The lowest BCUT2D eigenvalue weighted by molar-refractivity contribution is -0.127. The second kappa shape index (κ2) is 10.4.